The van der Waals surface area contributed by atoms with E-state index in [0.717, 1.165) is 5.52 Å². The van der Waals surface area contributed by atoms with E-state index in [1.54, 1.807) is 10.7 Å². The molecule has 0 fully saturated rings. The third kappa shape index (κ3) is 1.29. The Labute approximate surface area is 75.0 Å². The standard InChI is InChI=1S/C9H10FN3/c10-8(5-11)7-6-12-13-4-2-1-3-9(7)13/h1-4,6,8H,5,11H2. The molecular weight excluding hydrogens is 169 g/mol. The van der Waals surface area contributed by atoms with Gasteiger partial charge in [-0.05, 0) is 12.1 Å². The molecule has 13 heavy (non-hydrogen) atoms. The number of rotatable bonds is 2. The summed E-state index contributed by atoms with van der Waals surface area (Å²) >= 11 is 0. The maximum atomic E-state index is 13.2. The van der Waals surface area contributed by atoms with E-state index in [2.05, 4.69) is 5.10 Å². The maximum absolute atomic E-state index is 13.2. The highest BCUT2D eigenvalue weighted by molar-refractivity contribution is 5.54. The van der Waals surface area contributed by atoms with Gasteiger partial charge in [0.15, 0.2) is 0 Å². The van der Waals surface area contributed by atoms with Crippen LogP contribution in [0.2, 0.25) is 0 Å². The van der Waals surface area contributed by atoms with Crippen LogP contribution in [0.3, 0.4) is 0 Å². The highest BCUT2D eigenvalue weighted by Gasteiger charge is 2.12. The minimum atomic E-state index is -1.13. The van der Waals surface area contributed by atoms with Crippen LogP contribution < -0.4 is 5.73 Å². The lowest BCUT2D eigenvalue weighted by molar-refractivity contribution is 0.355. The van der Waals surface area contributed by atoms with E-state index < -0.39 is 6.17 Å². The first-order chi connectivity index (χ1) is 6.33. The van der Waals surface area contributed by atoms with Gasteiger partial charge in [0.1, 0.15) is 6.17 Å². The van der Waals surface area contributed by atoms with Crippen molar-refractivity contribution in [1.29, 1.82) is 0 Å². The largest absolute Gasteiger partial charge is 0.327 e. The third-order valence-corrected chi connectivity index (χ3v) is 2.00. The van der Waals surface area contributed by atoms with E-state index in [4.69, 9.17) is 5.73 Å². The average molecular weight is 179 g/mol. The number of aromatic nitrogens is 2. The van der Waals surface area contributed by atoms with Crippen molar-refractivity contribution in [3.8, 4) is 0 Å². The molecule has 1 atom stereocenters. The quantitative estimate of drug-likeness (QED) is 0.755. The van der Waals surface area contributed by atoms with Gasteiger partial charge in [0.05, 0.1) is 11.7 Å². The predicted octanol–water partition coefficient (Wildman–Crippen LogP) is 1.30. The summed E-state index contributed by atoms with van der Waals surface area (Å²) in [6.45, 7) is -0.00372. The van der Waals surface area contributed by atoms with E-state index >= 15 is 0 Å². The van der Waals surface area contributed by atoms with Crippen molar-refractivity contribution in [3.63, 3.8) is 0 Å². The van der Waals surface area contributed by atoms with Gasteiger partial charge in [-0.3, -0.25) is 0 Å². The Morgan fingerprint density at radius 2 is 2.38 bits per heavy atom. The summed E-state index contributed by atoms with van der Waals surface area (Å²) in [4.78, 5) is 0. The topological polar surface area (TPSA) is 43.3 Å². The van der Waals surface area contributed by atoms with E-state index in [-0.39, 0.29) is 6.54 Å². The van der Waals surface area contributed by atoms with Gasteiger partial charge in [0.2, 0.25) is 0 Å². The smallest absolute Gasteiger partial charge is 0.141 e. The molecule has 0 bridgehead atoms. The SMILES string of the molecule is NCC(F)c1cnn2ccccc12. The Kier molecular flexibility index (Phi) is 1.98. The zero-order valence-electron chi connectivity index (χ0n) is 7.02. The fraction of sp³-hybridized carbons (Fsp3) is 0.222. The molecule has 0 saturated heterocycles. The van der Waals surface area contributed by atoms with E-state index in [1.807, 2.05) is 18.2 Å². The number of hydrogen-bond donors (Lipinski definition) is 1. The third-order valence-electron chi connectivity index (χ3n) is 2.00. The van der Waals surface area contributed by atoms with Gasteiger partial charge in [0, 0.05) is 18.3 Å². The molecule has 0 radical (unpaired) electrons. The lowest BCUT2D eigenvalue weighted by Gasteiger charge is -2.01. The van der Waals surface area contributed by atoms with Crippen LogP contribution in [0.4, 0.5) is 4.39 Å². The van der Waals surface area contributed by atoms with E-state index in [0.29, 0.717) is 5.56 Å². The normalized spacial score (nSPS) is 13.4. The second kappa shape index (κ2) is 3.14. The molecule has 0 aliphatic carbocycles. The molecule has 2 N–H and O–H groups in total. The molecule has 0 spiro atoms. The van der Waals surface area contributed by atoms with Crippen LogP contribution in [0.25, 0.3) is 5.52 Å². The molecule has 4 heteroatoms. The Bertz CT molecular complexity index is 410. The zero-order valence-corrected chi connectivity index (χ0v) is 7.02. The van der Waals surface area contributed by atoms with Gasteiger partial charge in [-0.15, -0.1) is 0 Å². The molecule has 2 rings (SSSR count). The van der Waals surface area contributed by atoms with Crippen LogP contribution in [-0.4, -0.2) is 16.2 Å². The fourth-order valence-electron chi connectivity index (χ4n) is 1.32. The zero-order chi connectivity index (χ0) is 9.26. The molecule has 3 nitrogen and oxygen atoms in total. The Morgan fingerprint density at radius 1 is 1.54 bits per heavy atom. The molecule has 1 unspecified atom stereocenters. The lowest BCUT2D eigenvalue weighted by Crippen LogP contribution is -2.07. The van der Waals surface area contributed by atoms with Gasteiger partial charge < -0.3 is 5.73 Å². The number of fused-ring (bicyclic) bond motifs is 1. The summed E-state index contributed by atoms with van der Waals surface area (Å²) < 4.78 is 14.9. The number of nitrogens with zero attached hydrogens (tertiary/aromatic N) is 2. The first kappa shape index (κ1) is 8.19. The Morgan fingerprint density at radius 3 is 3.15 bits per heavy atom. The van der Waals surface area contributed by atoms with Crippen LogP contribution in [0.15, 0.2) is 30.6 Å². The molecule has 0 aliphatic rings. The molecule has 2 aromatic heterocycles. The van der Waals surface area contributed by atoms with Gasteiger partial charge in [-0.2, -0.15) is 5.10 Å². The molecule has 0 aromatic carbocycles. The number of hydrogen-bond acceptors (Lipinski definition) is 2. The van der Waals surface area contributed by atoms with Crippen molar-refractivity contribution >= 4 is 5.52 Å². The second-order valence-corrected chi connectivity index (χ2v) is 2.83. The van der Waals surface area contributed by atoms with E-state index in [9.17, 15) is 4.39 Å². The molecule has 0 aliphatic heterocycles. The molecule has 0 saturated carbocycles. The number of pyridine rings is 1. The molecule has 68 valence electrons. The minimum absolute atomic E-state index is 0.00372. The molecule has 0 amide bonds. The number of halogens is 1. The fourth-order valence-corrected chi connectivity index (χ4v) is 1.32. The molecule has 2 aromatic rings. The number of alkyl halides is 1. The summed E-state index contributed by atoms with van der Waals surface area (Å²) in [6.07, 6.45) is 2.18. The van der Waals surface area contributed by atoms with Gasteiger partial charge in [-0.25, -0.2) is 8.91 Å². The second-order valence-electron chi connectivity index (χ2n) is 2.83. The van der Waals surface area contributed by atoms with Crippen molar-refractivity contribution in [2.24, 2.45) is 5.73 Å². The van der Waals surface area contributed by atoms with Crippen LogP contribution in [-0.2, 0) is 0 Å². The highest BCUT2D eigenvalue weighted by Crippen LogP contribution is 2.20. The Balaban J connectivity index is 2.57. The van der Waals surface area contributed by atoms with Crippen molar-refractivity contribution in [2.45, 2.75) is 6.17 Å². The summed E-state index contributed by atoms with van der Waals surface area (Å²) in [5.74, 6) is 0. The van der Waals surface area contributed by atoms with Gasteiger partial charge in [-0.1, -0.05) is 6.07 Å². The van der Waals surface area contributed by atoms with Crippen LogP contribution >= 0.6 is 0 Å². The number of nitrogens with two attached hydrogens (primary N) is 1. The van der Waals surface area contributed by atoms with Crippen LogP contribution in [0.1, 0.15) is 11.7 Å². The summed E-state index contributed by atoms with van der Waals surface area (Å²) in [5.41, 5.74) is 6.58. The molecule has 2 heterocycles. The van der Waals surface area contributed by atoms with Crippen molar-refractivity contribution < 1.29 is 4.39 Å². The van der Waals surface area contributed by atoms with Crippen LogP contribution in [0, 0.1) is 0 Å². The van der Waals surface area contributed by atoms with Gasteiger partial charge in [0.25, 0.3) is 0 Å². The Hall–Kier alpha value is -1.42. The summed E-state index contributed by atoms with van der Waals surface area (Å²) in [6, 6.07) is 5.52. The first-order valence-electron chi connectivity index (χ1n) is 4.09. The first-order valence-corrected chi connectivity index (χ1v) is 4.09. The van der Waals surface area contributed by atoms with Crippen molar-refractivity contribution in [3.05, 3.63) is 36.2 Å². The van der Waals surface area contributed by atoms with Crippen LogP contribution in [0.5, 0.6) is 0 Å². The van der Waals surface area contributed by atoms with E-state index in [1.165, 1.54) is 6.20 Å². The minimum Gasteiger partial charge on any atom is -0.327 e. The molecular formula is C9H10FN3. The van der Waals surface area contributed by atoms with Gasteiger partial charge >= 0.3 is 0 Å². The predicted molar refractivity (Wildman–Crippen MR) is 48.1 cm³/mol. The van der Waals surface area contributed by atoms with Crippen molar-refractivity contribution in [2.75, 3.05) is 6.54 Å². The maximum Gasteiger partial charge on any atom is 0.141 e. The summed E-state index contributed by atoms with van der Waals surface area (Å²) in [5, 5.41) is 4.01. The summed E-state index contributed by atoms with van der Waals surface area (Å²) in [7, 11) is 0. The lowest BCUT2D eigenvalue weighted by atomic mass is 10.2. The average Bonchev–Trinajstić information content (AvgIpc) is 2.60. The van der Waals surface area contributed by atoms with Crippen molar-refractivity contribution in [1.82, 2.24) is 9.61 Å². The highest BCUT2D eigenvalue weighted by atomic mass is 19.1. The monoisotopic (exact) mass is 179 g/mol.